The quantitative estimate of drug-likeness (QED) is 0.655. The van der Waals surface area contributed by atoms with Gasteiger partial charge in [0.25, 0.3) is 5.91 Å². The second-order valence-electron chi connectivity index (χ2n) is 8.80. The van der Waals surface area contributed by atoms with Gasteiger partial charge in [0.05, 0.1) is 5.75 Å². The molecule has 0 spiro atoms. The lowest BCUT2D eigenvalue weighted by Gasteiger charge is -2.59. The Morgan fingerprint density at radius 1 is 1.26 bits per heavy atom. The standard InChI is InChI=1S/C21H29NO3S2/c1-14(21-8-15-5-16(9-21)7-17(6-15)10-21)22-19(23)11-25-20(24)13-26-12-18-3-2-4-27-18/h2-4,14-17H,5-13H2,1H3,(H,22,23)/t14-,15?,16?,17?,21?/m0/s1. The maximum absolute atomic E-state index is 12.3. The first-order chi connectivity index (χ1) is 13.0. The molecule has 4 aliphatic rings. The van der Waals surface area contributed by atoms with E-state index >= 15 is 0 Å². The molecule has 0 unspecified atom stereocenters. The van der Waals surface area contributed by atoms with Gasteiger partial charge in [0, 0.05) is 16.7 Å². The van der Waals surface area contributed by atoms with Crippen molar-refractivity contribution < 1.29 is 14.3 Å². The fourth-order valence-corrected chi connectivity index (χ4v) is 7.62. The zero-order valence-corrected chi connectivity index (χ0v) is 17.6. The minimum atomic E-state index is -0.311. The summed E-state index contributed by atoms with van der Waals surface area (Å²) in [6.45, 7) is 2.00. The van der Waals surface area contributed by atoms with Crippen molar-refractivity contribution in [3.63, 3.8) is 0 Å². The Hall–Kier alpha value is -1.01. The molecule has 0 aromatic carbocycles. The molecule has 1 aromatic rings. The predicted octanol–water partition coefficient (Wildman–Crippen LogP) is 4.25. The molecule has 0 aliphatic heterocycles. The molecule has 4 fully saturated rings. The second-order valence-corrected chi connectivity index (χ2v) is 10.8. The van der Waals surface area contributed by atoms with E-state index in [2.05, 4.69) is 18.3 Å². The molecular formula is C21H29NO3S2. The van der Waals surface area contributed by atoms with Crippen LogP contribution < -0.4 is 5.32 Å². The van der Waals surface area contributed by atoms with Crippen LogP contribution in [0.5, 0.6) is 0 Å². The largest absolute Gasteiger partial charge is 0.455 e. The van der Waals surface area contributed by atoms with Crippen LogP contribution in [0.4, 0.5) is 0 Å². The van der Waals surface area contributed by atoms with Gasteiger partial charge in [-0.3, -0.25) is 9.59 Å². The van der Waals surface area contributed by atoms with Crippen LogP contribution in [-0.4, -0.2) is 30.3 Å². The lowest BCUT2D eigenvalue weighted by atomic mass is 9.48. The molecule has 4 nitrogen and oxygen atoms in total. The maximum Gasteiger partial charge on any atom is 0.316 e. The number of hydrogen-bond acceptors (Lipinski definition) is 5. The van der Waals surface area contributed by atoms with E-state index in [0.717, 1.165) is 23.5 Å². The fraction of sp³-hybridized carbons (Fsp3) is 0.714. The Labute approximate surface area is 169 Å². The summed E-state index contributed by atoms with van der Waals surface area (Å²) in [6.07, 6.45) is 8.00. The summed E-state index contributed by atoms with van der Waals surface area (Å²) in [7, 11) is 0. The molecule has 4 bridgehead atoms. The Kier molecular flexibility index (Phi) is 5.83. The highest BCUT2D eigenvalue weighted by Gasteiger charge is 2.53. The highest BCUT2D eigenvalue weighted by molar-refractivity contribution is 7.99. The molecule has 1 amide bonds. The summed E-state index contributed by atoms with van der Waals surface area (Å²) in [5.41, 5.74) is 0.283. The normalized spacial score (nSPS) is 32.3. The first-order valence-corrected chi connectivity index (χ1v) is 12.1. The number of ether oxygens (including phenoxy) is 1. The van der Waals surface area contributed by atoms with E-state index < -0.39 is 0 Å². The van der Waals surface area contributed by atoms with E-state index in [9.17, 15) is 9.59 Å². The van der Waals surface area contributed by atoms with Crippen molar-refractivity contribution in [1.82, 2.24) is 5.32 Å². The number of thiophene rings is 1. The summed E-state index contributed by atoms with van der Waals surface area (Å²) in [5, 5.41) is 5.18. The maximum atomic E-state index is 12.3. The van der Waals surface area contributed by atoms with Crippen LogP contribution in [0.1, 0.15) is 50.3 Å². The monoisotopic (exact) mass is 407 g/mol. The smallest absolute Gasteiger partial charge is 0.316 e. The van der Waals surface area contributed by atoms with Gasteiger partial charge in [0.2, 0.25) is 0 Å². The molecule has 1 N–H and O–H groups in total. The highest BCUT2D eigenvalue weighted by atomic mass is 32.2. The first kappa shape index (κ1) is 19.3. The summed E-state index contributed by atoms with van der Waals surface area (Å²) < 4.78 is 5.17. The Balaban J connectivity index is 1.18. The summed E-state index contributed by atoms with van der Waals surface area (Å²) >= 11 is 3.21. The minimum absolute atomic E-state index is 0.158. The first-order valence-electron chi connectivity index (χ1n) is 10.1. The molecule has 1 aromatic heterocycles. The van der Waals surface area contributed by atoms with E-state index in [1.54, 1.807) is 11.3 Å². The third-order valence-electron chi connectivity index (χ3n) is 6.79. The van der Waals surface area contributed by atoms with Gasteiger partial charge in [-0.05, 0) is 80.1 Å². The molecule has 148 valence electrons. The molecule has 0 saturated heterocycles. The van der Waals surface area contributed by atoms with Gasteiger partial charge in [0.15, 0.2) is 6.61 Å². The second kappa shape index (κ2) is 8.16. The van der Waals surface area contributed by atoms with Crippen LogP contribution in [0, 0.1) is 23.2 Å². The molecule has 0 radical (unpaired) electrons. The van der Waals surface area contributed by atoms with E-state index in [1.807, 2.05) is 11.4 Å². The van der Waals surface area contributed by atoms with Crippen molar-refractivity contribution in [2.75, 3.05) is 12.4 Å². The van der Waals surface area contributed by atoms with E-state index in [1.165, 1.54) is 55.2 Å². The van der Waals surface area contributed by atoms with E-state index in [4.69, 9.17) is 4.74 Å². The molecule has 4 aliphatic carbocycles. The molecule has 1 atom stereocenters. The molecular weight excluding hydrogens is 378 g/mol. The lowest BCUT2D eigenvalue weighted by Crippen LogP contribution is -2.56. The Bertz CT molecular complexity index is 638. The van der Waals surface area contributed by atoms with E-state index in [-0.39, 0.29) is 35.7 Å². The summed E-state index contributed by atoms with van der Waals surface area (Å²) in [4.78, 5) is 25.4. The van der Waals surface area contributed by atoms with Gasteiger partial charge in [-0.1, -0.05) is 6.07 Å². The van der Waals surface area contributed by atoms with Crippen molar-refractivity contribution in [3.8, 4) is 0 Å². The van der Waals surface area contributed by atoms with Gasteiger partial charge < -0.3 is 10.1 Å². The van der Waals surface area contributed by atoms with Crippen LogP contribution >= 0.6 is 23.1 Å². The number of carbonyl (C=O) groups is 2. The van der Waals surface area contributed by atoms with Crippen molar-refractivity contribution in [3.05, 3.63) is 22.4 Å². The van der Waals surface area contributed by atoms with Gasteiger partial charge >= 0.3 is 5.97 Å². The van der Waals surface area contributed by atoms with Gasteiger partial charge in [-0.15, -0.1) is 23.1 Å². The summed E-state index contributed by atoms with van der Waals surface area (Å²) in [6, 6.07) is 4.24. The fourth-order valence-electron chi connectivity index (χ4n) is 5.96. The van der Waals surface area contributed by atoms with Crippen LogP contribution in [0.15, 0.2) is 17.5 Å². The van der Waals surface area contributed by atoms with Crippen molar-refractivity contribution >= 4 is 35.0 Å². The topological polar surface area (TPSA) is 55.4 Å². The van der Waals surface area contributed by atoms with Crippen molar-refractivity contribution in [2.45, 2.75) is 57.2 Å². The Morgan fingerprint density at radius 2 is 1.93 bits per heavy atom. The molecule has 27 heavy (non-hydrogen) atoms. The van der Waals surface area contributed by atoms with Crippen LogP contribution in [0.2, 0.25) is 0 Å². The highest BCUT2D eigenvalue weighted by Crippen LogP contribution is 2.61. The zero-order valence-electron chi connectivity index (χ0n) is 15.9. The van der Waals surface area contributed by atoms with Crippen LogP contribution in [0.3, 0.4) is 0 Å². The molecule has 5 rings (SSSR count). The number of rotatable bonds is 8. The Morgan fingerprint density at radius 3 is 2.52 bits per heavy atom. The lowest BCUT2D eigenvalue weighted by molar-refractivity contribution is -0.147. The average Bonchev–Trinajstić information content (AvgIpc) is 3.12. The molecule has 6 heteroatoms. The molecule has 4 saturated carbocycles. The number of esters is 1. The average molecular weight is 408 g/mol. The molecule has 1 heterocycles. The predicted molar refractivity (Wildman–Crippen MR) is 110 cm³/mol. The third-order valence-corrected chi connectivity index (χ3v) is 8.80. The summed E-state index contributed by atoms with van der Waals surface area (Å²) in [5.74, 6) is 3.23. The van der Waals surface area contributed by atoms with Gasteiger partial charge in [-0.2, -0.15) is 0 Å². The number of hydrogen-bond donors (Lipinski definition) is 1. The van der Waals surface area contributed by atoms with Gasteiger partial charge in [0.1, 0.15) is 0 Å². The van der Waals surface area contributed by atoms with Gasteiger partial charge in [-0.25, -0.2) is 0 Å². The SMILES string of the molecule is C[C@H](NC(=O)COC(=O)CSCc1cccs1)C12CC3CC(CC(C3)C1)C2. The minimum Gasteiger partial charge on any atom is -0.455 e. The number of thioether (sulfide) groups is 1. The van der Waals surface area contributed by atoms with Crippen LogP contribution in [0.25, 0.3) is 0 Å². The number of amides is 1. The number of nitrogens with one attached hydrogen (secondary N) is 1. The van der Waals surface area contributed by atoms with Crippen molar-refractivity contribution in [1.29, 1.82) is 0 Å². The van der Waals surface area contributed by atoms with Crippen molar-refractivity contribution in [2.24, 2.45) is 23.2 Å². The van der Waals surface area contributed by atoms with E-state index in [0.29, 0.717) is 0 Å². The number of carbonyl (C=O) groups excluding carboxylic acids is 2. The third kappa shape index (κ3) is 4.53. The zero-order chi connectivity index (χ0) is 18.9. The van der Waals surface area contributed by atoms with Crippen LogP contribution in [-0.2, 0) is 20.1 Å².